The molecule has 0 saturated heterocycles. The minimum Gasteiger partial charge on any atom is -0.370 e. The maximum absolute atomic E-state index is 6.05. The lowest BCUT2D eigenvalue weighted by atomic mass is 9.98. The molecule has 0 bridgehead atoms. The molecule has 1 heterocycles. The Bertz CT molecular complexity index is 431. The highest BCUT2D eigenvalue weighted by atomic mass is 35.5. The van der Waals surface area contributed by atoms with Crippen LogP contribution in [0.2, 0.25) is 5.15 Å². The van der Waals surface area contributed by atoms with Crippen LogP contribution in [0.3, 0.4) is 0 Å². The monoisotopic (exact) mass is 265 g/mol. The molecule has 0 aliphatic heterocycles. The summed E-state index contributed by atoms with van der Waals surface area (Å²) in [6.45, 7) is 3.36. The zero-order chi connectivity index (χ0) is 12.5. The van der Waals surface area contributed by atoms with Crippen molar-refractivity contribution in [3.05, 3.63) is 17.0 Å². The van der Waals surface area contributed by atoms with E-state index in [9.17, 15) is 0 Å². The van der Waals surface area contributed by atoms with Crippen LogP contribution in [0.15, 0.2) is 6.07 Å². The topological polar surface area (TPSA) is 37.8 Å². The van der Waals surface area contributed by atoms with Gasteiger partial charge in [-0.2, -0.15) is 0 Å². The van der Waals surface area contributed by atoms with Crippen molar-refractivity contribution in [2.75, 3.05) is 11.9 Å². The fourth-order valence-corrected chi connectivity index (χ4v) is 3.00. The highest BCUT2D eigenvalue weighted by Gasteiger charge is 2.27. The Kier molecular flexibility index (Phi) is 3.42. The van der Waals surface area contributed by atoms with E-state index in [0.29, 0.717) is 11.1 Å². The van der Waals surface area contributed by atoms with Crippen molar-refractivity contribution >= 4 is 17.4 Å². The molecule has 0 amide bonds. The number of anilines is 1. The van der Waals surface area contributed by atoms with E-state index < -0.39 is 0 Å². The summed E-state index contributed by atoms with van der Waals surface area (Å²) in [6, 6.07) is 1.84. The fraction of sp³-hybridized carbons (Fsp3) is 0.714. The van der Waals surface area contributed by atoms with E-state index >= 15 is 0 Å². The molecule has 0 radical (unpaired) electrons. The minimum atomic E-state index is 0.551. The van der Waals surface area contributed by atoms with Gasteiger partial charge in [0.05, 0.1) is 0 Å². The summed E-state index contributed by atoms with van der Waals surface area (Å²) in [5.41, 5.74) is 0. The van der Waals surface area contributed by atoms with Gasteiger partial charge in [-0.05, 0) is 31.1 Å². The van der Waals surface area contributed by atoms with Gasteiger partial charge in [0.1, 0.15) is 16.8 Å². The molecule has 3 rings (SSSR count). The molecule has 2 aliphatic carbocycles. The van der Waals surface area contributed by atoms with Gasteiger partial charge in [-0.1, -0.05) is 31.4 Å². The van der Waals surface area contributed by atoms with Crippen LogP contribution in [-0.2, 0) is 0 Å². The van der Waals surface area contributed by atoms with Crippen LogP contribution in [0.4, 0.5) is 5.82 Å². The number of halogens is 1. The molecule has 1 aromatic rings. The summed E-state index contributed by atoms with van der Waals surface area (Å²) in [5, 5.41) is 4.01. The first-order chi connectivity index (χ1) is 8.72. The predicted octanol–water partition coefficient (Wildman–Crippen LogP) is 3.86. The second kappa shape index (κ2) is 5.04. The standard InChI is InChI=1S/C14H20ClN3/c1-9-3-2-4-11(9)8-16-13-7-12(15)17-14(18-13)10-5-6-10/h7,9-11H,2-6,8H2,1H3,(H,16,17,18). The Morgan fingerprint density at radius 3 is 2.78 bits per heavy atom. The molecule has 1 N–H and O–H groups in total. The molecule has 4 heteroatoms. The van der Waals surface area contributed by atoms with E-state index in [2.05, 4.69) is 22.2 Å². The van der Waals surface area contributed by atoms with E-state index in [1.54, 1.807) is 0 Å². The Morgan fingerprint density at radius 2 is 2.11 bits per heavy atom. The second-order valence-corrected chi connectivity index (χ2v) is 6.14. The van der Waals surface area contributed by atoms with Crippen LogP contribution in [0, 0.1) is 11.8 Å². The van der Waals surface area contributed by atoms with E-state index in [0.717, 1.165) is 30.0 Å². The van der Waals surface area contributed by atoms with Crippen LogP contribution in [-0.4, -0.2) is 16.5 Å². The summed E-state index contributed by atoms with van der Waals surface area (Å²) in [6.07, 6.45) is 6.48. The Labute approximate surface area is 113 Å². The van der Waals surface area contributed by atoms with Crippen LogP contribution in [0.5, 0.6) is 0 Å². The summed E-state index contributed by atoms with van der Waals surface area (Å²) in [5.74, 6) is 3.98. The van der Waals surface area contributed by atoms with Gasteiger partial charge >= 0.3 is 0 Å². The third-order valence-corrected chi connectivity index (χ3v) is 4.43. The average molecular weight is 266 g/mol. The number of aromatic nitrogens is 2. The van der Waals surface area contributed by atoms with Crippen molar-refractivity contribution in [1.29, 1.82) is 0 Å². The molecule has 2 unspecified atom stereocenters. The lowest BCUT2D eigenvalue weighted by Gasteiger charge is -2.16. The molecule has 3 nitrogen and oxygen atoms in total. The third kappa shape index (κ3) is 2.77. The number of hydrogen-bond donors (Lipinski definition) is 1. The van der Waals surface area contributed by atoms with Crippen LogP contribution < -0.4 is 5.32 Å². The quantitative estimate of drug-likeness (QED) is 0.840. The molecule has 2 fully saturated rings. The zero-order valence-corrected chi connectivity index (χ0v) is 11.6. The van der Waals surface area contributed by atoms with E-state index in [1.807, 2.05) is 6.07 Å². The summed E-state index contributed by atoms with van der Waals surface area (Å²) in [7, 11) is 0. The van der Waals surface area contributed by atoms with Crippen molar-refractivity contribution in [2.24, 2.45) is 11.8 Å². The average Bonchev–Trinajstić information content (AvgIpc) is 3.11. The summed E-state index contributed by atoms with van der Waals surface area (Å²) < 4.78 is 0. The Balaban J connectivity index is 1.64. The molecular formula is C14H20ClN3. The first-order valence-corrected chi connectivity index (χ1v) is 7.38. The van der Waals surface area contributed by atoms with Gasteiger partial charge < -0.3 is 5.32 Å². The lowest BCUT2D eigenvalue weighted by molar-refractivity contribution is 0.439. The molecular weight excluding hydrogens is 246 g/mol. The van der Waals surface area contributed by atoms with E-state index in [-0.39, 0.29) is 0 Å². The first-order valence-electron chi connectivity index (χ1n) is 7.00. The highest BCUT2D eigenvalue weighted by Crippen LogP contribution is 2.39. The SMILES string of the molecule is CC1CCCC1CNc1cc(Cl)nc(C2CC2)n1. The highest BCUT2D eigenvalue weighted by molar-refractivity contribution is 6.29. The van der Waals surface area contributed by atoms with Crippen molar-refractivity contribution in [3.63, 3.8) is 0 Å². The molecule has 98 valence electrons. The van der Waals surface area contributed by atoms with E-state index in [1.165, 1.54) is 32.1 Å². The van der Waals surface area contributed by atoms with Gasteiger partial charge in [0.15, 0.2) is 0 Å². The number of rotatable bonds is 4. The van der Waals surface area contributed by atoms with Crippen LogP contribution in [0.1, 0.15) is 50.8 Å². The van der Waals surface area contributed by atoms with E-state index in [4.69, 9.17) is 11.6 Å². The largest absolute Gasteiger partial charge is 0.370 e. The van der Waals surface area contributed by atoms with Gasteiger partial charge in [0, 0.05) is 18.5 Å². The third-order valence-electron chi connectivity index (χ3n) is 4.24. The van der Waals surface area contributed by atoms with Gasteiger partial charge in [0.2, 0.25) is 0 Å². The van der Waals surface area contributed by atoms with Gasteiger partial charge in [0.25, 0.3) is 0 Å². The molecule has 2 aliphatic rings. The summed E-state index contributed by atoms with van der Waals surface area (Å²) >= 11 is 6.05. The van der Waals surface area contributed by atoms with Crippen molar-refractivity contribution in [3.8, 4) is 0 Å². The maximum Gasteiger partial charge on any atom is 0.135 e. The summed E-state index contributed by atoms with van der Waals surface area (Å²) in [4.78, 5) is 8.88. The van der Waals surface area contributed by atoms with Gasteiger partial charge in [-0.15, -0.1) is 0 Å². The van der Waals surface area contributed by atoms with Crippen molar-refractivity contribution < 1.29 is 0 Å². The number of nitrogens with one attached hydrogen (secondary N) is 1. The van der Waals surface area contributed by atoms with Crippen LogP contribution in [0.25, 0.3) is 0 Å². The normalized spacial score (nSPS) is 27.4. The number of hydrogen-bond acceptors (Lipinski definition) is 3. The Hall–Kier alpha value is -0.830. The van der Waals surface area contributed by atoms with Crippen molar-refractivity contribution in [1.82, 2.24) is 9.97 Å². The number of nitrogens with zero attached hydrogens (tertiary/aromatic N) is 2. The predicted molar refractivity (Wildman–Crippen MR) is 74.0 cm³/mol. The van der Waals surface area contributed by atoms with Crippen LogP contribution >= 0.6 is 11.6 Å². The first kappa shape index (κ1) is 12.2. The molecule has 1 aromatic heterocycles. The molecule has 18 heavy (non-hydrogen) atoms. The maximum atomic E-state index is 6.05. The van der Waals surface area contributed by atoms with Crippen molar-refractivity contribution in [2.45, 2.75) is 44.9 Å². The zero-order valence-electron chi connectivity index (χ0n) is 10.8. The van der Waals surface area contributed by atoms with Gasteiger partial charge in [-0.25, -0.2) is 9.97 Å². The lowest BCUT2D eigenvalue weighted by Crippen LogP contribution is -2.17. The molecule has 0 aromatic carbocycles. The minimum absolute atomic E-state index is 0.551. The molecule has 0 spiro atoms. The second-order valence-electron chi connectivity index (χ2n) is 5.76. The van der Waals surface area contributed by atoms with Gasteiger partial charge in [-0.3, -0.25) is 0 Å². The molecule has 2 atom stereocenters. The molecule has 2 saturated carbocycles. The Morgan fingerprint density at radius 1 is 1.28 bits per heavy atom. The fourth-order valence-electron chi connectivity index (χ4n) is 2.81. The smallest absolute Gasteiger partial charge is 0.135 e.